The molecule has 0 aromatic heterocycles. The largest absolute Gasteiger partial charge is 0.573 e. The highest BCUT2D eigenvalue weighted by Crippen LogP contribution is 2.44. The van der Waals surface area contributed by atoms with E-state index >= 15 is 0 Å². The van der Waals surface area contributed by atoms with Gasteiger partial charge in [-0.15, -0.1) is 13.2 Å². The Morgan fingerprint density at radius 1 is 1.20 bits per heavy atom. The second kappa shape index (κ2) is 5.72. The number of nitrogens with one attached hydrogen (secondary N) is 2. The predicted octanol–water partition coefficient (Wildman–Crippen LogP) is 2.46. The Bertz CT molecular complexity index is 735. The highest BCUT2D eigenvalue weighted by Gasteiger charge is 2.45. The van der Waals surface area contributed by atoms with Gasteiger partial charge in [0.2, 0.25) is 0 Å². The highest BCUT2D eigenvalue weighted by molar-refractivity contribution is 6.16. The zero-order valence-corrected chi connectivity index (χ0v) is 13.4. The summed E-state index contributed by atoms with van der Waals surface area (Å²) in [5, 5.41) is 6.05. The van der Waals surface area contributed by atoms with Gasteiger partial charge in [0.05, 0.1) is 0 Å². The normalized spacial score (nSPS) is 22.7. The Morgan fingerprint density at radius 3 is 2.56 bits per heavy atom. The van der Waals surface area contributed by atoms with Gasteiger partial charge in [-0.1, -0.05) is 0 Å². The minimum Gasteiger partial charge on any atom is -0.406 e. The van der Waals surface area contributed by atoms with E-state index < -0.39 is 11.9 Å². The van der Waals surface area contributed by atoms with Crippen LogP contribution in [0.5, 0.6) is 5.75 Å². The van der Waals surface area contributed by atoms with Crippen molar-refractivity contribution in [1.82, 2.24) is 10.6 Å². The predicted molar refractivity (Wildman–Crippen MR) is 84.6 cm³/mol. The van der Waals surface area contributed by atoms with Crippen molar-refractivity contribution >= 4 is 11.7 Å². The lowest BCUT2D eigenvalue weighted by atomic mass is 9.89. The number of hydrogen-bond acceptors (Lipinski definition) is 4. The van der Waals surface area contributed by atoms with Crippen LogP contribution in [0.25, 0.3) is 0 Å². The third-order valence-corrected chi connectivity index (χ3v) is 4.94. The Kier molecular flexibility index (Phi) is 3.75. The maximum atomic E-state index is 12.5. The number of halogens is 3. The molecule has 4 rings (SSSR count). The summed E-state index contributed by atoms with van der Waals surface area (Å²) in [4.78, 5) is 17.1. The molecule has 25 heavy (non-hydrogen) atoms. The fourth-order valence-electron chi connectivity index (χ4n) is 3.51. The monoisotopic (exact) mass is 353 g/mol. The van der Waals surface area contributed by atoms with Crippen LogP contribution in [0.2, 0.25) is 0 Å². The average Bonchev–Trinajstić information content (AvgIpc) is 3.34. The molecule has 134 valence electrons. The van der Waals surface area contributed by atoms with E-state index in [0.717, 1.165) is 31.5 Å². The maximum absolute atomic E-state index is 12.5. The number of piperidine rings is 1. The number of rotatable bonds is 3. The topological polar surface area (TPSA) is 62.7 Å². The van der Waals surface area contributed by atoms with E-state index in [4.69, 9.17) is 0 Å². The summed E-state index contributed by atoms with van der Waals surface area (Å²) in [6.07, 6.45) is -1.65. The highest BCUT2D eigenvalue weighted by atomic mass is 19.4. The molecule has 1 saturated heterocycles. The molecule has 0 atom stereocenters. The van der Waals surface area contributed by atoms with Crippen molar-refractivity contribution in [3.8, 4) is 5.75 Å². The number of carbonyl (C=O) groups excluding carboxylic acids is 1. The summed E-state index contributed by atoms with van der Waals surface area (Å²) in [7, 11) is 0. The van der Waals surface area contributed by atoms with Crippen molar-refractivity contribution in [2.24, 2.45) is 4.99 Å². The molecule has 2 aliphatic heterocycles. The minimum absolute atomic E-state index is 0.124. The van der Waals surface area contributed by atoms with Crippen LogP contribution in [0, 0.1) is 0 Å². The number of hydrogen-bond donors (Lipinski definition) is 2. The third-order valence-electron chi connectivity index (χ3n) is 4.94. The number of benzene rings is 1. The first-order valence-corrected chi connectivity index (χ1v) is 8.38. The third kappa shape index (κ3) is 3.22. The Morgan fingerprint density at radius 2 is 1.92 bits per heavy atom. The van der Waals surface area contributed by atoms with Crippen LogP contribution in [0.15, 0.2) is 23.2 Å². The van der Waals surface area contributed by atoms with Crippen molar-refractivity contribution in [1.29, 1.82) is 0 Å². The summed E-state index contributed by atoms with van der Waals surface area (Å²) in [6.45, 7) is 1.44. The lowest BCUT2D eigenvalue weighted by Gasteiger charge is -2.28. The van der Waals surface area contributed by atoms with Crippen LogP contribution in [0.4, 0.5) is 13.2 Å². The van der Waals surface area contributed by atoms with Crippen LogP contribution in [0.1, 0.15) is 42.7 Å². The summed E-state index contributed by atoms with van der Waals surface area (Å²) in [5.41, 5.74) is 0.704. The van der Waals surface area contributed by atoms with Crippen LogP contribution in [-0.4, -0.2) is 36.7 Å². The first-order valence-electron chi connectivity index (χ1n) is 8.38. The van der Waals surface area contributed by atoms with E-state index in [2.05, 4.69) is 20.4 Å². The van der Waals surface area contributed by atoms with Gasteiger partial charge in [0.25, 0.3) is 5.91 Å². The Balaban J connectivity index is 1.68. The number of alkyl halides is 3. The van der Waals surface area contributed by atoms with Gasteiger partial charge in [-0.25, -0.2) is 0 Å². The van der Waals surface area contributed by atoms with Crippen LogP contribution >= 0.6 is 0 Å². The zero-order chi connectivity index (χ0) is 17.7. The molecular formula is C17H18F3N3O2. The quantitative estimate of drug-likeness (QED) is 0.878. The second-order valence-corrected chi connectivity index (χ2v) is 6.77. The van der Waals surface area contributed by atoms with Crippen LogP contribution < -0.4 is 15.4 Å². The maximum Gasteiger partial charge on any atom is 0.573 e. The van der Waals surface area contributed by atoms with Gasteiger partial charge in [0.1, 0.15) is 17.1 Å². The first kappa shape index (κ1) is 16.4. The molecule has 0 radical (unpaired) electrons. The molecule has 0 bridgehead atoms. The summed E-state index contributed by atoms with van der Waals surface area (Å²) < 4.78 is 41.5. The summed E-state index contributed by atoms with van der Waals surface area (Å²) >= 11 is 0. The molecule has 5 nitrogen and oxygen atoms in total. The smallest absolute Gasteiger partial charge is 0.406 e. The molecule has 0 unspecified atom stereocenters. The van der Waals surface area contributed by atoms with Gasteiger partial charge < -0.3 is 15.4 Å². The average molecular weight is 353 g/mol. The molecule has 1 amide bonds. The van der Waals surface area contributed by atoms with Crippen molar-refractivity contribution in [3.63, 3.8) is 0 Å². The van der Waals surface area contributed by atoms with E-state index in [1.807, 2.05) is 0 Å². The molecule has 3 aliphatic rings. The number of nitrogens with zero attached hydrogens (tertiary/aromatic N) is 1. The fraction of sp³-hybridized carbons (Fsp3) is 0.529. The molecule has 2 fully saturated rings. The summed E-state index contributed by atoms with van der Waals surface area (Å²) in [5.74, 6) is 0.296. The standard InChI is InChI=1S/C17H18F3N3O2/c18-17(19,20)25-11-3-4-12(13(9-11)10-1-2-10)14-22-15(24)16(23-14)5-7-21-8-6-16/h3-4,9-10,21H,1-2,5-8H2,(H,22,23,24). The van der Waals surface area contributed by atoms with E-state index in [0.29, 0.717) is 24.2 Å². The molecule has 1 aliphatic carbocycles. The molecule has 1 spiro atoms. The van der Waals surface area contributed by atoms with Gasteiger partial charge in [0, 0.05) is 5.56 Å². The Labute approximate surface area is 142 Å². The van der Waals surface area contributed by atoms with Crippen LogP contribution in [-0.2, 0) is 4.79 Å². The van der Waals surface area contributed by atoms with Crippen molar-refractivity contribution < 1.29 is 22.7 Å². The van der Waals surface area contributed by atoms with Gasteiger partial charge in [-0.2, -0.15) is 0 Å². The van der Waals surface area contributed by atoms with E-state index in [-0.39, 0.29) is 17.6 Å². The van der Waals surface area contributed by atoms with Gasteiger partial charge in [-0.05, 0) is 68.5 Å². The lowest BCUT2D eigenvalue weighted by molar-refractivity contribution is -0.274. The Hall–Kier alpha value is -2.09. The molecule has 1 aromatic rings. The number of carbonyl (C=O) groups is 1. The molecule has 2 N–H and O–H groups in total. The van der Waals surface area contributed by atoms with Crippen molar-refractivity contribution in [2.75, 3.05) is 13.1 Å². The van der Waals surface area contributed by atoms with Crippen molar-refractivity contribution in [2.45, 2.75) is 43.5 Å². The number of aliphatic imine (C=N–C) groups is 1. The fourth-order valence-corrected chi connectivity index (χ4v) is 3.51. The summed E-state index contributed by atoms with van der Waals surface area (Å²) in [6, 6.07) is 4.26. The van der Waals surface area contributed by atoms with Crippen molar-refractivity contribution in [3.05, 3.63) is 29.3 Å². The van der Waals surface area contributed by atoms with E-state index in [1.165, 1.54) is 12.1 Å². The zero-order valence-electron chi connectivity index (χ0n) is 13.4. The van der Waals surface area contributed by atoms with E-state index in [1.54, 1.807) is 6.07 Å². The van der Waals surface area contributed by atoms with Gasteiger partial charge >= 0.3 is 6.36 Å². The van der Waals surface area contributed by atoms with E-state index in [9.17, 15) is 18.0 Å². The molecule has 1 saturated carbocycles. The second-order valence-electron chi connectivity index (χ2n) is 6.77. The first-order chi connectivity index (χ1) is 11.9. The van der Waals surface area contributed by atoms with Crippen LogP contribution in [0.3, 0.4) is 0 Å². The molecule has 1 aromatic carbocycles. The number of ether oxygens (including phenoxy) is 1. The minimum atomic E-state index is -4.72. The number of amidine groups is 1. The number of amides is 1. The van der Waals surface area contributed by atoms with Gasteiger partial charge in [0.15, 0.2) is 0 Å². The molecule has 8 heteroatoms. The molecular weight excluding hydrogens is 335 g/mol. The van der Waals surface area contributed by atoms with Gasteiger partial charge in [-0.3, -0.25) is 9.79 Å². The molecule has 2 heterocycles. The SMILES string of the molecule is O=C1NC(c2ccc(OC(F)(F)F)cc2C2CC2)=NC12CCNCC2. The lowest BCUT2D eigenvalue weighted by Crippen LogP contribution is -2.47.